The number of benzene rings is 2. The summed E-state index contributed by atoms with van der Waals surface area (Å²) in [5.41, 5.74) is 1.91. The average molecular weight is 296 g/mol. The molecule has 0 fully saturated rings. The summed E-state index contributed by atoms with van der Waals surface area (Å²) in [7, 11) is 0. The van der Waals surface area contributed by atoms with Crippen molar-refractivity contribution in [3.63, 3.8) is 0 Å². The Morgan fingerprint density at radius 2 is 1.95 bits per heavy atom. The third-order valence-electron chi connectivity index (χ3n) is 2.99. The first kappa shape index (κ1) is 15.8. The summed E-state index contributed by atoms with van der Waals surface area (Å²) in [6, 6.07) is 15.0. The summed E-state index contributed by atoms with van der Waals surface area (Å²) in [4.78, 5) is 11.9. The van der Waals surface area contributed by atoms with Crippen LogP contribution in [0.3, 0.4) is 0 Å². The van der Waals surface area contributed by atoms with Crippen LogP contribution in [0.25, 0.3) is 6.08 Å². The lowest BCUT2D eigenvalue weighted by atomic mass is 10.2. The highest BCUT2D eigenvalue weighted by atomic mass is 16.5. The van der Waals surface area contributed by atoms with E-state index in [-0.39, 0.29) is 0 Å². The number of carbonyl (C=O) groups excluding carboxylic acids is 1. The van der Waals surface area contributed by atoms with Gasteiger partial charge in [-0.05, 0) is 43.2 Å². The highest BCUT2D eigenvalue weighted by molar-refractivity contribution is 5.89. The van der Waals surface area contributed by atoms with Gasteiger partial charge in [0.1, 0.15) is 11.5 Å². The topological polar surface area (TPSA) is 35.5 Å². The van der Waals surface area contributed by atoms with Gasteiger partial charge in [0, 0.05) is 11.6 Å². The van der Waals surface area contributed by atoms with E-state index in [1.165, 1.54) is 6.08 Å². The van der Waals surface area contributed by atoms with Crippen LogP contribution in [0.4, 0.5) is 0 Å². The summed E-state index contributed by atoms with van der Waals surface area (Å²) in [6.45, 7) is 4.66. The predicted octanol–water partition coefficient (Wildman–Crippen LogP) is 4.40. The molecule has 2 rings (SSSR count). The number of hydrogen-bond donors (Lipinski definition) is 0. The molecule has 0 radical (unpaired) electrons. The van der Waals surface area contributed by atoms with Crippen LogP contribution in [-0.4, -0.2) is 12.6 Å². The number of ether oxygens (including phenoxy) is 2. The first-order chi connectivity index (χ1) is 10.7. The van der Waals surface area contributed by atoms with Crippen molar-refractivity contribution in [1.82, 2.24) is 0 Å². The van der Waals surface area contributed by atoms with Gasteiger partial charge in [-0.15, -0.1) is 0 Å². The minimum atomic E-state index is -0.407. The molecule has 0 aliphatic heterocycles. The van der Waals surface area contributed by atoms with Gasteiger partial charge in [0.05, 0.1) is 6.61 Å². The molecule has 0 aliphatic rings. The minimum Gasteiger partial charge on any atom is -0.493 e. The van der Waals surface area contributed by atoms with Crippen molar-refractivity contribution in [2.75, 3.05) is 6.61 Å². The molecule has 0 aromatic heterocycles. The largest absolute Gasteiger partial charge is 0.493 e. The molecule has 0 unspecified atom stereocenters. The van der Waals surface area contributed by atoms with Crippen molar-refractivity contribution >= 4 is 12.0 Å². The van der Waals surface area contributed by atoms with E-state index < -0.39 is 5.97 Å². The van der Waals surface area contributed by atoms with Crippen LogP contribution in [0.5, 0.6) is 11.5 Å². The first-order valence-corrected chi connectivity index (χ1v) is 7.37. The molecule has 0 saturated carbocycles. The maximum Gasteiger partial charge on any atom is 0.336 e. The number of aryl methyl sites for hydroxylation is 1. The molecule has 22 heavy (non-hydrogen) atoms. The van der Waals surface area contributed by atoms with Crippen molar-refractivity contribution < 1.29 is 14.3 Å². The monoisotopic (exact) mass is 296 g/mol. The van der Waals surface area contributed by atoms with E-state index in [4.69, 9.17) is 9.47 Å². The SMILES string of the molecule is CCCOc1ccccc1/C=C/C(=O)Oc1cccc(C)c1. The van der Waals surface area contributed by atoms with E-state index in [1.807, 2.05) is 49.4 Å². The Morgan fingerprint density at radius 1 is 1.14 bits per heavy atom. The van der Waals surface area contributed by atoms with Crippen LogP contribution in [0.15, 0.2) is 54.6 Å². The van der Waals surface area contributed by atoms with E-state index >= 15 is 0 Å². The predicted molar refractivity (Wildman–Crippen MR) is 88.1 cm³/mol. The molecular formula is C19H20O3. The molecular weight excluding hydrogens is 276 g/mol. The van der Waals surface area contributed by atoms with Crippen molar-refractivity contribution in [2.45, 2.75) is 20.3 Å². The van der Waals surface area contributed by atoms with Gasteiger partial charge < -0.3 is 9.47 Å². The molecule has 0 aliphatic carbocycles. The lowest BCUT2D eigenvalue weighted by Crippen LogP contribution is -2.03. The Kier molecular flexibility index (Phi) is 5.78. The highest BCUT2D eigenvalue weighted by Gasteiger charge is 2.03. The van der Waals surface area contributed by atoms with Crippen molar-refractivity contribution in [2.24, 2.45) is 0 Å². The normalized spacial score (nSPS) is 10.6. The van der Waals surface area contributed by atoms with Gasteiger partial charge in [0.15, 0.2) is 0 Å². The quantitative estimate of drug-likeness (QED) is 0.450. The fourth-order valence-corrected chi connectivity index (χ4v) is 1.95. The van der Waals surface area contributed by atoms with Crippen LogP contribution >= 0.6 is 0 Å². The van der Waals surface area contributed by atoms with E-state index in [2.05, 4.69) is 6.92 Å². The molecule has 114 valence electrons. The van der Waals surface area contributed by atoms with E-state index in [1.54, 1.807) is 12.1 Å². The fraction of sp³-hybridized carbons (Fsp3) is 0.211. The van der Waals surface area contributed by atoms with Crippen molar-refractivity contribution in [3.8, 4) is 11.5 Å². The maximum atomic E-state index is 11.9. The third kappa shape index (κ3) is 4.77. The Morgan fingerprint density at radius 3 is 2.73 bits per heavy atom. The van der Waals surface area contributed by atoms with Gasteiger partial charge in [0.25, 0.3) is 0 Å². The number of rotatable bonds is 6. The summed E-state index contributed by atoms with van der Waals surface area (Å²) < 4.78 is 10.9. The zero-order valence-corrected chi connectivity index (χ0v) is 12.9. The molecule has 0 N–H and O–H groups in total. The van der Waals surface area contributed by atoms with Gasteiger partial charge in [-0.1, -0.05) is 37.3 Å². The molecule has 3 nitrogen and oxygen atoms in total. The zero-order chi connectivity index (χ0) is 15.8. The van der Waals surface area contributed by atoms with E-state index in [0.717, 1.165) is 23.3 Å². The number of carbonyl (C=O) groups is 1. The molecule has 2 aromatic carbocycles. The molecule has 0 spiro atoms. The molecule has 0 saturated heterocycles. The van der Waals surface area contributed by atoms with E-state index in [0.29, 0.717) is 12.4 Å². The highest BCUT2D eigenvalue weighted by Crippen LogP contribution is 2.20. The number of para-hydroxylation sites is 1. The van der Waals surface area contributed by atoms with Gasteiger partial charge in [-0.2, -0.15) is 0 Å². The van der Waals surface area contributed by atoms with Gasteiger partial charge in [-0.25, -0.2) is 4.79 Å². The molecule has 0 amide bonds. The van der Waals surface area contributed by atoms with Crippen LogP contribution in [0.2, 0.25) is 0 Å². The van der Waals surface area contributed by atoms with Gasteiger partial charge in [-0.3, -0.25) is 0 Å². The molecule has 2 aromatic rings. The standard InChI is InChI=1S/C19H20O3/c1-3-13-21-18-10-5-4-8-16(18)11-12-19(20)22-17-9-6-7-15(2)14-17/h4-12,14H,3,13H2,1-2H3/b12-11+. The summed E-state index contributed by atoms with van der Waals surface area (Å²) in [5, 5.41) is 0. The molecule has 0 atom stereocenters. The fourth-order valence-electron chi connectivity index (χ4n) is 1.95. The third-order valence-corrected chi connectivity index (χ3v) is 2.99. The summed E-state index contributed by atoms with van der Waals surface area (Å²) in [5.74, 6) is 0.907. The summed E-state index contributed by atoms with van der Waals surface area (Å²) in [6.07, 6.45) is 4.06. The van der Waals surface area contributed by atoms with Crippen molar-refractivity contribution in [1.29, 1.82) is 0 Å². The smallest absolute Gasteiger partial charge is 0.336 e. The number of esters is 1. The molecule has 3 heteroatoms. The van der Waals surface area contributed by atoms with Crippen LogP contribution < -0.4 is 9.47 Å². The second kappa shape index (κ2) is 8.03. The maximum absolute atomic E-state index is 11.9. The van der Waals surface area contributed by atoms with Crippen LogP contribution in [0, 0.1) is 6.92 Å². The van der Waals surface area contributed by atoms with E-state index in [9.17, 15) is 4.79 Å². The Hall–Kier alpha value is -2.55. The van der Waals surface area contributed by atoms with Crippen LogP contribution in [-0.2, 0) is 4.79 Å². The molecule has 0 bridgehead atoms. The van der Waals surface area contributed by atoms with Crippen LogP contribution in [0.1, 0.15) is 24.5 Å². The first-order valence-electron chi connectivity index (χ1n) is 7.37. The molecule has 0 heterocycles. The lowest BCUT2D eigenvalue weighted by molar-refractivity contribution is -0.128. The lowest BCUT2D eigenvalue weighted by Gasteiger charge is -2.07. The zero-order valence-electron chi connectivity index (χ0n) is 12.9. The Balaban J connectivity index is 2.03. The Bertz CT molecular complexity index is 659. The second-order valence-electron chi connectivity index (χ2n) is 4.96. The van der Waals surface area contributed by atoms with Crippen molar-refractivity contribution in [3.05, 3.63) is 65.7 Å². The van der Waals surface area contributed by atoms with Gasteiger partial charge >= 0.3 is 5.97 Å². The second-order valence-corrected chi connectivity index (χ2v) is 4.96. The average Bonchev–Trinajstić information content (AvgIpc) is 2.51. The summed E-state index contributed by atoms with van der Waals surface area (Å²) >= 11 is 0. The Labute approximate surface area is 131 Å². The number of hydrogen-bond acceptors (Lipinski definition) is 3. The van der Waals surface area contributed by atoms with Gasteiger partial charge in [0.2, 0.25) is 0 Å². The minimum absolute atomic E-state index is 0.407.